The zero-order chi connectivity index (χ0) is 15.6. The van der Waals surface area contributed by atoms with Crippen LogP contribution in [0.4, 0.5) is 0 Å². The minimum Gasteiger partial charge on any atom is -0.249 e. The fraction of sp³-hybridized carbons (Fsp3) is 0.438. The molecule has 1 fully saturated rings. The molecule has 1 aromatic carbocycles. The Balaban J connectivity index is 1.58. The molecule has 0 amide bonds. The molecule has 22 heavy (non-hydrogen) atoms. The van der Waals surface area contributed by atoms with Gasteiger partial charge in [0.2, 0.25) is 10.0 Å². The van der Waals surface area contributed by atoms with Gasteiger partial charge in [-0.3, -0.25) is 0 Å². The van der Waals surface area contributed by atoms with Gasteiger partial charge < -0.3 is 0 Å². The van der Waals surface area contributed by atoms with Gasteiger partial charge in [-0.05, 0) is 30.4 Å². The van der Waals surface area contributed by atoms with Gasteiger partial charge in [0.25, 0.3) is 0 Å². The van der Waals surface area contributed by atoms with Crippen molar-refractivity contribution in [2.45, 2.75) is 32.7 Å². The number of nitrogens with one attached hydrogen (secondary N) is 1. The number of benzene rings is 1. The highest BCUT2D eigenvalue weighted by molar-refractivity contribution is 7.89. The van der Waals surface area contributed by atoms with Crippen LogP contribution in [0, 0.1) is 12.8 Å². The molecular formula is C16H20N2O2S2. The molecular weight excluding hydrogens is 316 g/mol. The second-order valence-electron chi connectivity index (χ2n) is 5.84. The monoisotopic (exact) mass is 336 g/mol. The average molecular weight is 336 g/mol. The van der Waals surface area contributed by atoms with Crippen molar-refractivity contribution < 1.29 is 8.42 Å². The van der Waals surface area contributed by atoms with E-state index < -0.39 is 10.0 Å². The van der Waals surface area contributed by atoms with E-state index in [4.69, 9.17) is 0 Å². The molecule has 0 saturated heterocycles. The molecule has 1 N–H and O–H groups in total. The summed E-state index contributed by atoms with van der Waals surface area (Å²) in [7, 11) is -3.15. The van der Waals surface area contributed by atoms with Crippen LogP contribution in [0.2, 0.25) is 0 Å². The predicted molar refractivity (Wildman–Crippen MR) is 90.3 cm³/mol. The maximum atomic E-state index is 11.9. The highest BCUT2D eigenvalue weighted by atomic mass is 32.2. The van der Waals surface area contributed by atoms with Crippen LogP contribution < -0.4 is 4.72 Å². The summed E-state index contributed by atoms with van der Waals surface area (Å²) >= 11 is 1.62. The second-order valence-corrected chi connectivity index (χ2v) is 8.62. The Kier molecular flexibility index (Phi) is 4.61. The number of hydrogen-bond acceptors (Lipinski definition) is 4. The summed E-state index contributed by atoms with van der Waals surface area (Å²) in [4.78, 5) is 5.41. The van der Waals surface area contributed by atoms with Crippen molar-refractivity contribution in [1.82, 2.24) is 9.71 Å². The summed E-state index contributed by atoms with van der Waals surface area (Å²) in [5.41, 5.74) is 4.96. The van der Waals surface area contributed by atoms with Crippen molar-refractivity contribution in [3.63, 3.8) is 0 Å². The maximum Gasteiger partial charge on any atom is 0.211 e. The summed E-state index contributed by atoms with van der Waals surface area (Å²) in [6.07, 6.45) is 3.17. The lowest BCUT2D eigenvalue weighted by Gasteiger charge is -2.07. The summed E-state index contributed by atoms with van der Waals surface area (Å²) in [6.45, 7) is 2.35. The normalized spacial score (nSPS) is 15.1. The average Bonchev–Trinajstić information content (AvgIpc) is 3.25. The number of aromatic nitrogens is 1. The van der Waals surface area contributed by atoms with Crippen LogP contribution in [0.5, 0.6) is 0 Å². The minimum absolute atomic E-state index is 0.246. The molecule has 1 aliphatic carbocycles. The third-order valence-corrected chi connectivity index (χ3v) is 6.28. The van der Waals surface area contributed by atoms with E-state index in [1.54, 1.807) is 11.3 Å². The van der Waals surface area contributed by atoms with E-state index in [1.165, 1.54) is 12.8 Å². The predicted octanol–water partition coefficient (Wildman–Crippen LogP) is 3.34. The smallest absolute Gasteiger partial charge is 0.211 e. The van der Waals surface area contributed by atoms with E-state index in [0.717, 1.165) is 28.1 Å². The van der Waals surface area contributed by atoms with Crippen LogP contribution in [-0.4, -0.2) is 19.2 Å². The van der Waals surface area contributed by atoms with Crippen LogP contribution >= 0.6 is 11.3 Å². The fourth-order valence-corrected chi connectivity index (χ4v) is 4.33. The molecule has 0 atom stereocenters. The Hall–Kier alpha value is -1.24. The van der Waals surface area contributed by atoms with Gasteiger partial charge in [0.1, 0.15) is 0 Å². The summed E-state index contributed by atoms with van der Waals surface area (Å²) in [6, 6.07) is 7.98. The van der Waals surface area contributed by atoms with Gasteiger partial charge >= 0.3 is 0 Å². The third kappa shape index (κ3) is 4.15. The lowest BCUT2D eigenvalue weighted by molar-refractivity contribution is 0.575. The summed E-state index contributed by atoms with van der Waals surface area (Å²) in [5, 5.41) is 0. The Morgan fingerprint density at radius 1 is 1.27 bits per heavy atom. The first kappa shape index (κ1) is 15.6. The van der Waals surface area contributed by atoms with Crippen molar-refractivity contribution in [2.24, 2.45) is 5.92 Å². The first-order chi connectivity index (χ1) is 10.5. The lowest BCUT2D eigenvalue weighted by Crippen LogP contribution is -2.26. The minimum atomic E-state index is -3.15. The summed E-state index contributed by atoms with van der Waals surface area (Å²) in [5.74, 6) is 0.883. The molecule has 4 nitrogen and oxygen atoms in total. The lowest BCUT2D eigenvalue weighted by atomic mass is 10.1. The van der Waals surface area contributed by atoms with E-state index in [0.29, 0.717) is 12.5 Å². The van der Waals surface area contributed by atoms with Gasteiger partial charge in [-0.15, -0.1) is 11.3 Å². The molecule has 3 rings (SSSR count). The quantitative estimate of drug-likeness (QED) is 0.843. The topological polar surface area (TPSA) is 59.1 Å². The van der Waals surface area contributed by atoms with Gasteiger partial charge in [-0.25, -0.2) is 18.1 Å². The number of rotatable bonds is 7. The largest absolute Gasteiger partial charge is 0.249 e. The number of aryl methyl sites for hydroxylation is 1. The highest BCUT2D eigenvalue weighted by Gasteiger charge is 2.23. The van der Waals surface area contributed by atoms with Crippen molar-refractivity contribution >= 4 is 21.4 Å². The fourth-order valence-electron chi connectivity index (χ4n) is 2.35. The van der Waals surface area contributed by atoms with E-state index >= 15 is 0 Å². The van der Waals surface area contributed by atoms with Gasteiger partial charge in [-0.2, -0.15) is 0 Å². The van der Waals surface area contributed by atoms with E-state index in [-0.39, 0.29) is 5.75 Å². The Morgan fingerprint density at radius 3 is 2.59 bits per heavy atom. The Morgan fingerprint density at radius 2 is 2.00 bits per heavy atom. The van der Waals surface area contributed by atoms with Crippen molar-refractivity contribution in [2.75, 3.05) is 5.75 Å². The van der Waals surface area contributed by atoms with Crippen molar-refractivity contribution in [3.8, 4) is 10.4 Å². The highest BCUT2D eigenvalue weighted by Crippen LogP contribution is 2.32. The molecule has 0 aliphatic heterocycles. The molecule has 1 saturated carbocycles. The van der Waals surface area contributed by atoms with E-state index in [9.17, 15) is 8.42 Å². The van der Waals surface area contributed by atoms with Crippen LogP contribution in [0.15, 0.2) is 29.8 Å². The standard InChI is InChI=1S/C16H20N2O2S2/c1-12-16(21-11-17-12)15-6-4-14(5-7-15)10-18-22(19,20)9-8-13-2-3-13/h4-7,11,13,18H,2-3,8-10H2,1H3. The summed E-state index contributed by atoms with van der Waals surface area (Å²) < 4.78 is 26.5. The number of nitrogens with zero attached hydrogens (tertiary/aromatic N) is 1. The SMILES string of the molecule is Cc1ncsc1-c1ccc(CNS(=O)(=O)CCC2CC2)cc1. The van der Waals surface area contributed by atoms with Gasteiger partial charge in [0, 0.05) is 6.54 Å². The molecule has 0 unspecified atom stereocenters. The first-order valence-electron chi connectivity index (χ1n) is 7.50. The molecule has 6 heteroatoms. The van der Waals surface area contributed by atoms with Gasteiger partial charge in [0.05, 0.1) is 21.8 Å². The molecule has 0 bridgehead atoms. The zero-order valence-corrected chi connectivity index (χ0v) is 14.2. The molecule has 2 aromatic rings. The van der Waals surface area contributed by atoms with Crippen molar-refractivity contribution in [3.05, 3.63) is 41.0 Å². The molecule has 1 aliphatic rings. The number of sulfonamides is 1. The second kappa shape index (κ2) is 6.48. The Bertz CT molecular complexity index is 732. The van der Waals surface area contributed by atoms with E-state index in [1.807, 2.05) is 36.7 Å². The number of thiazole rings is 1. The van der Waals surface area contributed by atoms with Crippen LogP contribution in [0.25, 0.3) is 10.4 Å². The third-order valence-electron chi connectivity index (χ3n) is 3.95. The molecule has 1 aromatic heterocycles. The van der Waals surface area contributed by atoms with Crippen LogP contribution in [0.1, 0.15) is 30.5 Å². The number of hydrogen-bond donors (Lipinski definition) is 1. The Labute approximate surface area is 135 Å². The molecule has 0 spiro atoms. The van der Waals surface area contributed by atoms with Gasteiger partial charge in [0.15, 0.2) is 0 Å². The zero-order valence-electron chi connectivity index (χ0n) is 12.6. The maximum absolute atomic E-state index is 11.9. The van der Waals surface area contributed by atoms with E-state index in [2.05, 4.69) is 9.71 Å². The molecule has 1 heterocycles. The van der Waals surface area contributed by atoms with Crippen molar-refractivity contribution in [1.29, 1.82) is 0 Å². The first-order valence-corrected chi connectivity index (χ1v) is 10.0. The molecule has 118 valence electrons. The van der Waals surface area contributed by atoms with Crippen LogP contribution in [0.3, 0.4) is 0 Å². The molecule has 0 radical (unpaired) electrons. The van der Waals surface area contributed by atoms with Gasteiger partial charge in [-0.1, -0.05) is 37.1 Å². The van der Waals surface area contributed by atoms with Crippen LogP contribution in [-0.2, 0) is 16.6 Å².